The Morgan fingerprint density at radius 2 is 1.61 bits per heavy atom. The summed E-state index contributed by atoms with van der Waals surface area (Å²) >= 11 is 0. The summed E-state index contributed by atoms with van der Waals surface area (Å²) in [5.41, 5.74) is 2.45. The summed E-state index contributed by atoms with van der Waals surface area (Å²) in [7, 11) is 0. The van der Waals surface area contributed by atoms with Crippen LogP contribution >= 0.6 is 0 Å². The van der Waals surface area contributed by atoms with E-state index in [9.17, 15) is 4.79 Å². The minimum Gasteiger partial charge on any atom is -0.410 e. The van der Waals surface area contributed by atoms with Gasteiger partial charge in [-0.2, -0.15) is 5.10 Å². The fourth-order valence-corrected chi connectivity index (χ4v) is 2.23. The van der Waals surface area contributed by atoms with Crippen molar-refractivity contribution in [1.82, 2.24) is 10.2 Å². The van der Waals surface area contributed by atoms with E-state index in [1.807, 2.05) is 62.4 Å². The first-order valence-electron chi connectivity index (χ1n) is 7.30. The average Bonchev–Trinajstić information content (AvgIpc) is 2.90. The maximum atomic E-state index is 12.7. The highest BCUT2D eigenvalue weighted by Gasteiger charge is 2.24. The van der Waals surface area contributed by atoms with E-state index < -0.39 is 6.09 Å². The SMILES string of the molecule is Cc1n[nH]c(N(C(=O)Oc2ccccc2)c2ccccc2)c1C. The average molecular weight is 307 g/mol. The molecule has 0 fully saturated rings. The van der Waals surface area contributed by atoms with Crippen LogP contribution in [0.3, 0.4) is 0 Å². The molecule has 0 radical (unpaired) electrons. The quantitative estimate of drug-likeness (QED) is 0.782. The van der Waals surface area contributed by atoms with Crippen LogP contribution in [0.1, 0.15) is 11.3 Å². The van der Waals surface area contributed by atoms with Crippen molar-refractivity contribution >= 4 is 17.6 Å². The van der Waals surface area contributed by atoms with Gasteiger partial charge in [0.05, 0.1) is 11.4 Å². The Morgan fingerprint density at radius 1 is 1.00 bits per heavy atom. The molecule has 0 saturated heterocycles. The topological polar surface area (TPSA) is 58.2 Å². The van der Waals surface area contributed by atoms with E-state index in [0.717, 1.165) is 11.3 Å². The van der Waals surface area contributed by atoms with Crippen molar-refractivity contribution in [2.24, 2.45) is 0 Å². The third-order valence-electron chi connectivity index (χ3n) is 3.60. The van der Waals surface area contributed by atoms with E-state index in [0.29, 0.717) is 17.3 Å². The van der Waals surface area contributed by atoms with E-state index in [2.05, 4.69) is 10.2 Å². The highest BCUT2D eigenvalue weighted by atomic mass is 16.6. The van der Waals surface area contributed by atoms with Crippen molar-refractivity contribution in [3.05, 3.63) is 71.9 Å². The monoisotopic (exact) mass is 307 g/mol. The van der Waals surface area contributed by atoms with Crippen molar-refractivity contribution in [3.63, 3.8) is 0 Å². The van der Waals surface area contributed by atoms with E-state index in [4.69, 9.17) is 4.74 Å². The highest BCUT2D eigenvalue weighted by molar-refractivity contribution is 5.96. The lowest BCUT2D eigenvalue weighted by Gasteiger charge is -2.21. The molecule has 1 aromatic heterocycles. The normalized spacial score (nSPS) is 10.3. The van der Waals surface area contributed by atoms with Crippen LogP contribution in [0.5, 0.6) is 5.75 Å². The first-order chi connectivity index (χ1) is 11.2. The number of para-hydroxylation sites is 2. The number of carbonyl (C=O) groups excluding carboxylic acids is 1. The fourth-order valence-electron chi connectivity index (χ4n) is 2.23. The van der Waals surface area contributed by atoms with Crippen molar-refractivity contribution in [1.29, 1.82) is 0 Å². The molecule has 5 nitrogen and oxygen atoms in total. The molecule has 1 heterocycles. The van der Waals surface area contributed by atoms with Crippen LogP contribution in [0, 0.1) is 13.8 Å². The molecule has 0 spiro atoms. The number of anilines is 2. The van der Waals surface area contributed by atoms with Crippen LogP contribution < -0.4 is 9.64 Å². The predicted molar refractivity (Wildman–Crippen MR) is 89.1 cm³/mol. The molecule has 5 heteroatoms. The van der Waals surface area contributed by atoms with Crippen LogP contribution in [0.4, 0.5) is 16.3 Å². The van der Waals surface area contributed by atoms with E-state index in [-0.39, 0.29) is 0 Å². The molecule has 2 aromatic carbocycles. The van der Waals surface area contributed by atoms with Crippen LogP contribution in [-0.2, 0) is 0 Å². The number of H-pyrrole nitrogens is 1. The lowest BCUT2D eigenvalue weighted by atomic mass is 10.2. The van der Waals surface area contributed by atoms with Gasteiger partial charge in [0.1, 0.15) is 11.6 Å². The molecule has 1 amide bonds. The number of carbonyl (C=O) groups is 1. The second-order valence-corrected chi connectivity index (χ2v) is 5.13. The van der Waals surface area contributed by atoms with Gasteiger partial charge >= 0.3 is 6.09 Å². The van der Waals surface area contributed by atoms with Crippen LogP contribution in [0.25, 0.3) is 0 Å². The number of benzene rings is 2. The third kappa shape index (κ3) is 3.08. The second-order valence-electron chi connectivity index (χ2n) is 5.13. The zero-order valence-electron chi connectivity index (χ0n) is 13.0. The third-order valence-corrected chi connectivity index (χ3v) is 3.60. The summed E-state index contributed by atoms with van der Waals surface area (Å²) < 4.78 is 5.49. The van der Waals surface area contributed by atoms with Gasteiger partial charge in [-0.15, -0.1) is 0 Å². The Bertz CT molecular complexity index is 798. The first-order valence-corrected chi connectivity index (χ1v) is 7.30. The second kappa shape index (κ2) is 6.36. The largest absolute Gasteiger partial charge is 0.425 e. The number of aromatic nitrogens is 2. The predicted octanol–water partition coefficient (Wildman–Crippen LogP) is 4.36. The molecule has 3 aromatic rings. The first kappa shape index (κ1) is 14.8. The van der Waals surface area contributed by atoms with Gasteiger partial charge in [-0.05, 0) is 38.1 Å². The lowest BCUT2D eigenvalue weighted by Crippen LogP contribution is -2.30. The molecular formula is C18H17N3O2. The molecule has 0 aliphatic carbocycles. The summed E-state index contributed by atoms with van der Waals surface area (Å²) in [6, 6.07) is 18.3. The van der Waals surface area contributed by atoms with Crippen LogP contribution in [0.15, 0.2) is 60.7 Å². The van der Waals surface area contributed by atoms with E-state index in [1.165, 1.54) is 4.90 Å². The molecule has 0 bridgehead atoms. The smallest absolute Gasteiger partial charge is 0.410 e. The Morgan fingerprint density at radius 3 is 2.17 bits per heavy atom. The summed E-state index contributed by atoms with van der Waals surface area (Å²) in [6.45, 7) is 3.81. The maximum Gasteiger partial charge on any atom is 0.425 e. The molecule has 116 valence electrons. The van der Waals surface area contributed by atoms with Gasteiger partial charge in [-0.3, -0.25) is 5.10 Å². The van der Waals surface area contributed by atoms with Gasteiger partial charge in [-0.25, -0.2) is 9.69 Å². The molecule has 23 heavy (non-hydrogen) atoms. The zero-order valence-corrected chi connectivity index (χ0v) is 13.0. The van der Waals surface area contributed by atoms with E-state index >= 15 is 0 Å². The number of hydrogen-bond acceptors (Lipinski definition) is 3. The number of nitrogens with one attached hydrogen (secondary N) is 1. The number of aryl methyl sites for hydroxylation is 1. The maximum absolute atomic E-state index is 12.7. The molecule has 0 atom stereocenters. The number of hydrogen-bond donors (Lipinski definition) is 1. The summed E-state index contributed by atoms with van der Waals surface area (Å²) in [4.78, 5) is 14.2. The van der Waals surface area contributed by atoms with Gasteiger partial charge in [0, 0.05) is 5.56 Å². The Labute approximate surface area is 134 Å². The molecule has 0 saturated carbocycles. The molecule has 3 rings (SSSR count). The van der Waals surface area contributed by atoms with Crippen molar-refractivity contribution in [3.8, 4) is 5.75 Å². The highest BCUT2D eigenvalue weighted by Crippen LogP contribution is 2.28. The zero-order chi connectivity index (χ0) is 16.2. The molecule has 0 aliphatic heterocycles. The molecule has 0 aliphatic rings. The number of ether oxygens (including phenoxy) is 1. The Hall–Kier alpha value is -3.08. The minimum absolute atomic E-state index is 0.492. The molecular weight excluding hydrogens is 290 g/mol. The number of rotatable bonds is 3. The Balaban J connectivity index is 1.99. The molecule has 1 N–H and O–H groups in total. The summed E-state index contributed by atoms with van der Waals surface area (Å²) in [5, 5.41) is 7.09. The number of aromatic amines is 1. The van der Waals surface area contributed by atoms with Crippen LogP contribution in [-0.4, -0.2) is 16.3 Å². The van der Waals surface area contributed by atoms with Gasteiger partial charge < -0.3 is 4.74 Å². The summed E-state index contributed by atoms with van der Waals surface area (Å²) in [6.07, 6.45) is -0.492. The van der Waals surface area contributed by atoms with E-state index in [1.54, 1.807) is 12.1 Å². The Kier molecular flexibility index (Phi) is 4.10. The number of nitrogens with zero attached hydrogens (tertiary/aromatic N) is 2. The van der Waals surface area contributed by atoms with Crippen molar-refractivity contribution < 1.29 is 9.53 Å². The number of amides is 1. The standard InChI is InChI=1S/C18H17N3O2/c1-13-14(2)19-20-17(13)21(15-9-5-3-6-10-15)18(22)23-16-11-7-4-8-12-16/h3-12H,1-2H3,(H,19,20). The van der Waals surface area contributed by atoms with Crippen molar-refractivity contribution in [2.45, 2.75) is 13.8 Å². The van der Waals surface area contributed by atoms with Gasteiger partial charge in [0.25, 0.3) is 0 Å². The van der Waals surface area contributed by atoms with Gasteiger partial charge in [0.15, 0.2) is 0 Å². The fraction of sp³-hybridized carbons (Fsp3) is 0.111. The lowest BCUT2D eigenvalue weighted by molar-refractivity contribution is 0.210. The van der Waals surface area contributed by atoms with Crippen molar-refractivity contribution in [2.75, 3.05) is 4.90 Å². The summed E-state index contributed by atoms with van der Waals surface area (Å²) in [5.74, 6) is 1.10. The molecule has 0 unspecified atom stereocenters. The minimum atomic E-state index is -0.492. The van der Waals surface area contributed by atoms with Gasteiger partial charge in [0.2, 0.25) is 0 Å². The van der Waals surface area contributed by atoms with Crippen LogP contribution in [0.2, 0.25) is 0 Å². The van der Waals surface area contributed by atoms with Gasteiger partial charge in [-0.1, -0.05) is 36.4 Å².